The first kappa shape index (κ1) is 25.0. The quantitative estimate of drug-likeness (QED) is 0.296. The number of ether oxygens (including phenoxy) is 2. The van der Waals surface area contributed by atoms with E-state index >= 15 is 0 Å². The van der Waals surface area contributed by atoms with Gasteiger partial charge in [0.1, 0.15) is 11.9 Å². The molecule has 4 aromatic rings. The lowest BCUT2D eigenvalue weighted by Crippen LogP contribution is -2.39. The van der Waals surface area contributed by atoms with E-state index in [1.54, 1.807) is 18.4 Å². The Bertz CT molecular complexity index is 1280. The number of nitrogens with one attached hydrogen (secondary N) is 1. The highest BCUT2D eigenvalue weighted by Gasteiger charge is 2.43. The van der Waals surface area contributed by atoms with Gasteiger partial charge in [0.15, 0.2) is 5.82 Å². The summed E-state index contributed by atoms with van der Waals surface area (Å²) in [4.78, 5) is 18.5. The minimum atomic E-state index is -0.382. The highest BCUT2D eigenvalue weighted by molar-refractivity contribution is 7.09. The fraction of sp³-hybridized carbons (Fsp3) is 0.345. The average Bonchev–Trinajstić information content (AvgIpc) is 3.63. The summed E-state index contributed by atoms with van der Waals surface area (Å²) < 4.78 is 16.8. The van der Waals surface area contributed by atoms with Crippen molar-refractivity contribution < 1.29 is 18.8 Å². The monoisotopic (exact) mass is 517 g/mol. The first-order valence-electron chi connectivity index (χ1n) is 12.6. The maximum Gasteiger partial charge on any atom is 0.407 e. The minimum absolute atomic E-state index is 0.137. The van der Waals surface area contributed by atoms with Crippen LogP contribution in [0.1, 0.15) is 53.4 Å². The summed E-state index contributed by atoms with van der Waals surface area (Å²) in [7, 11) is 1.66. The number of carbonyl (C=O) groups excluding carboxylic acids is 1. The van der Waals surface area contributed by atoms with E-state index in [0.29, 0.717) is 24.7 Å². The molecule has 2 aromatic carbocycles. The third-order valence-electron chi connectivity index (χ3n) is 6.99. The van der Waals surface area contributed by atoms with Crippen LogP contribution in [-0.4, -0.2) is 36.0 Å². The number of methoxy groups -OCH3 is 1. The van der Waals surface area contributed by atoms with Crippen molar-refractivity contribution in [2.75, 3.05) is 13.7 Å². The molecule has 1 N–H and O–H groups in total. The molecule has 192 valence electrons. The molecule has 1 saturated carbocycles. The molecule has 5 rings (SSSR count). The van der Waals surface area contributed by atoms with Crippen molar-refractivity contribution in [1.82, 2.24) is 15.5 Å². The van der Waals surface area contributed by atoms with E-state index in [1.807, 2.05) is 53.9 Å². The van der Waals surface area contributed by atoms with Crippen molar-refractivity contribution >= 4 is 17.4 Å². The zero-order chi connectivity index (χ0) is 25.5. The van der Waals surface area contributed by atoms with Crippen LogP contribution in [0, 0.1) is 0 Å². The van der Waals surface area contributed by atoms with Crippen LogP contribution in [0.2, 0.25) is 0 Å². The molecule has 7 nitrogen and oxygen atoms in total. The molecule has 1 fully saturated rings. The van der Waals surface area contributed by atoms with Crippen molar-refractivity contribution in [3.05, 3.63) is 99.8 Å². The minimum Gasteiger partial charge on any atom is -0.497 e. The smallest absolute Gasteiger partial charge is 0.407 e. The van der Waals surface area contributed by atoms with Crippen molar-refractivity contribution in [2.24, 2.45) is 0 Å². The number of benzene rings is 2. The number of rotatable bonds is 9. The Kier molecular flexibility index (Phi) is 7.84. The predicted octanol–water partition coefficient (Wildman–Crippen LogP) is 5.93. The Morgan fingerprint density at radius 2 is 1.95 bits per heavy atom. The maximum atomic E-state index is 12.4. The number of carbonyl (C=O) groups is 1. The topological polar surface area (TPSA) is 86.5 Å². The van der Waals surface area contributed by atoms with Gasteiger partial charge in [-0.05, 0) is 66.8 Å². The highest BCUT2D eigenvalue weighted by Crippen LogP contribution is 2.44. The molecule has 0 atom stereocenters. The Hall–Kier alpha value is -3.65. The number of nitrogens with zero attached hydrogens (tertiary/aromatic N) is 2. The zero-order valence-corrected chi connectivity index (χ0v) is 21.7. The Morgan fingerprint density at radius 3 is 2.70 bits per heavy atom. The predicted molar refractivity (Wildman–Crippen MR) is 142 cm³/mol. The van der Waals surface area contributed by atoms with Gasteiger partial charge in [0.25, 0.3) is 0 Å². The number of aromatic nitrogens is 2. The van der Waals surface area contributed by atoms with E-state index in [9.17, 15) is 4.79 Å². The lowest BCUT2D eigenvalue weighted by molar-refractivity contribution is 0.0616. The summed E-state index contributed by atoms with van der Waals surface area (Å²) in [5.41, 5.74) is 1.82. The van der Waals surface area contributed by atoms with Crippen LogP contribution in [-0.2, 0) is 23.0 Å². The van der Waals surface area contributed by atoms with E-state index in [-0.39, 0.29) is 17.6 Å². The third-order valence-corrected chi connectivity index (χ3v) is 7.93. The molecular weight excluding hydrogens is 486 g/mol. The SMILES string of the molecule is COc1cccc(Cc2nc(C3(c4ccccc4)CCC(OC(=O)NCCc4cccs4)CC3)no2)c1. The molecule has 37 heavy (non-hydrogen) atoms. The summed E-state index contributed by atoms with van der Waals surface area (Å²) in [6, 6.07) is 22.3. The molecular formula is C29H31N3O4S. The van der Waals surface area contributed by atoms with Gasteiger partial charge in [0.05, 0.1) is 18.9 Å². The number of hydrogen-bond acceptors (Lipinski definition) is 7. The second kappa shape index (κ2) is 11.6. The summed E-state index contributed by atoms with van der Waals surface area (Å²) in [6.45, 7) is 0.568. The van der Waals surface area contributed by atoms with Gasteiger partial charge in [0, 0.05) is 11.4 Å². The van der Waals surface area contributed by atoms with Gasteiger partial charge in [-0.1, -0.05) is 53.7 Å². The fourth-order valence-corrected chi connectivity index (χ4v) is 5.72. The van der Waals surface area contributed by atoms with Gasteiger partial charge in [-0.25, -0.2) is 4.79 Å². The number of amides is 1. The van der Waals surface area contributed by atoms with Gasteiger partial charge >= 0.3 is 6.09 Å². The molecule has 1 aliphatic carbocycles. The van der Waals surface area contributed by atoms with Crippen LogP contribution in [0.5, 0.6) is 5.75 Å². The van der Waals surface area contributed by atoms with Gasteiger partial charge in [-0.3, -0.25) is 0 Å². The molecule has 1 amide bonds. The zero-order valence-electron chi connectivity index (χ0n) is 20.9. The molecule has 0 radical (unpaired) electrons. The van der Waals surface area contributed by atoms with Crippen LogP contribution in [0.15, 0.2) is 76.6 Å². The van der Waals surface area contributed by atoms with Crippen LogP contribution < -0.4 is 10.1 Å². The van der Waals surface area contributed by atoms with E-state index in [2.05, 4.69) is 28.7 Å². The van der Waals surface area contributed by atoms with Gasteiger partial charge in [-0.2, -0.15) is 4.98 Å². The largest absolute Gasteiger partial charge is 0.497 e. The van der Waals surface area contributed by atoms with Crippen LogP contribution in [0.3, 0.4) is 0 Å². The van der Waals surface area contributed by atoms with Crippen LogP contribution in [0.25, 0.3) is 0 Å². The highest BCUT2D eigenvalue weighted by atomic mass is 32.1. The van der Waals surface area contributed by atoms with Gasteiger partial charge in [0.2, 0.25) is 5.89 Å². The normalized spacial score (nSPS) is 19.3. The second-order valence-electron chi connectivity index (χ2n) is 9.35. The first-order valence-corrected chi connectivity index (χ1v) is 13.5. The number of hydrogen-bond donors (Lipinski definition) is 1. The van der Waals surface area contributed by atoms with E-state index in [4.69, 9.17) is 19.0 Å². The van der Waals surface area contributed by atoms with Crippen molar-refractivity contribution in [2.45, 2.75) is 50.0 Å². The summed E-state index contributed by atoms with van der Waals surface area (Å²) >= 11 is 1.69. The van der Waals surface area contributed by atoms with Crippen molar-refractivity contribution in [3.63, 3.8) is 0 Å². The van der Waals surface area contributed by atoms with Crippen molar-refractivity contribution in [3.8, 4) is 5.75 Å². The first-order chi connectivity index (χ1) is 18.1. The standard InChI is InChI=1S/C29H31N3O4S/c1-34-24-10-5-7-21(19-24)20-26-31-27(32-36-26)29(22-8-3-2-4-9-22)15-12-23(13-16-29)35-28(33)30-17-14-25-11-6-18-37-25/h2-11,18-19,23H,12-17,20H2,1H3,(H,30,33). The molecule has 1 aliphatic rings. The molecule has 0 aliphatic heterocycles. The third kappa shape index (κ3) is 6.02. The molecule has 0 saturated heterocycles. The summed E-state index contributed by atoms with van der Waals surface area (Å²) in [5.74, 6) is 2.06. The van der Waals surface area contributed by atoms with Crippen molar-refractivity contribution in [1.29, 1.82) is 0 Å². The van der Waals surface area contributed by atoms with Crippen LogP contribution >= 0.6 is 11.3 Å². The lowest BCUT2D eigenvalue weighted by Gasteiger charge is -2.38. The lowest BCUT2D eigenvalue weighted by atomic mass is 9.68. The maximum absolute atomic E-state index is 12.4. The molecule has 0 spiro atoms. The number of alkyl carbamates (subject to hydrolysis) is 1. The van der Waals surface area contributed by atoms with E-state index in [1.165, 1.54) is 4.88 Å². The van der Waals surface area contributed by atoms with E-state index < -0.39 is 0 Å². The van der Waals surface area contributed by atoms with Gasteiger partial charge < -0.3 is 19.3 Å². The summed E-state index contributed by atoms with van der Waals surface area (Å²) in [5, 5.41) is 9.37. The van der Waals surface area contributed by atoms with Crippen LogP contribution in [0.4, 0.5) is 4.79 Å². The van der Waals surface area contributed by atoms with E-state index in [0.717, 1.165) is 49.0 Å². The average molecular weight is 518 g/mol. The Balaban J connectivity index is 1.25. The summed E-state index contributed by atoms with van der Waals surface area (Å²) in [6.07, 6.45) is 3.84. The van der Waals surface area contributed by atoms with Gasteiger partial charge in [-0.15, -0.1) is 11.3 Å². The Labute approximate surface area is 220 Å². The molecule has 2 aromatic heterocycles. The molecule has 8 heteroatoms. The Morgan fingerprint density at radius 1 is 1.11 bits per heavy atom. The fourth-order valence-electron chi connectivity index (χ4n) is 5.01. The number of thiophene rings is 1. The molecule has 0 unspecified atom stereocenters. The molecule has 0 bridgehead atoms. The second-order valence-corrected chi connectivity index (χ2v) is 10.4. The molecule has 2 heterocycles.